The minimum absolute atomic E-state index is 0.114. The van der Waals surface area contributed by atoms with Crippen LogP contribution in [0.15, 0.2) is 42.5 Å². The van der Waals surface area contributed by atoms with Crippen molar-refractivity contribution in [3.63, 3.8) is 0 Å². The van der Waals surface area contributed by atoms with Crippen molar-refractivity contribution in [2.75, 3.05) is 24.2 Å². The number of halogens is 1. The van der Waals surface area contributed by atoms with E-state index in [9.17, 15) is 22.4 Å². The van der Waals surface area contributed by atoms with Gasteiger partial charge in [-0.1, -0.05) is 29.8 Å². The van der Waals surface area contributed by atoms with E-state index in [2.05, 4.69) is 5.32 Å². The molecule has 0 aliphatic carbocycles. The molecule has 1 atom stereocenters. The molecule has 2 aromatic rings. The van der Waals surface area contributed by atoms with Crippen LogP contribution in [0.5, 0.6) is 0 Å². The van der Waals surface area contributed by atoms with Crippen molar-refractivity contribution in [3.8, 4) is 0 Å². The van der Waals surface area contributed by atoms with Gasteiger partial charge in [0.2, 0.25) is 21.8 Å². The number of sulfonamides is 1. The fourth-order valence-electron chi connectivity index (χ4n) is 3.81. The molecule has 31 heavy (non-hydrogen) atoms. The monoisotopic (exact) mass is 447 g/mol. The first-order chi connectivity index (χ1) is 14.4. The summed E-state index contributed by atoms with van der Waals surface area (Å²) in [6.45, 7) is 4.92. The molecule has 0 bridgehead atoms. The van der Waals surface area contributed by atoms with E-state index >= 15 is 0 Å². The van der Waals surface area contributed by atoms with Crippen LogP contribution in [0, 0.1) is 19.7 Å². The van der Waals surface area contributed by atoms with Crippen molar-refractivity contribution in [1.82, 2.24) is 9.62 Å². The number of aryl methyl sites for hydroxylation is 2. The first-order valence-corrected chi connectivity index (χ1v) is 11.6. The SMILES string of the molecule is Cc1ccc(N2C(=O)CN(S(C)(=O)=O)CC2(C)C(=O)NCc2ccc(F)cc2)c(C)c1. The van der Waals surface area contributed by atoms with Crippen LogP contribution in [-0.4, -0.2) is 49.4 Å². The second-order valence-corrected chi connectivity index (χ2v) is 10.1. The van der Waals surface area contributed by atoms with E-state index in [0.29, 0.717) is 11.3 Å². The van der Waals surface area contributed by atoms with Crippen LogP contribution in [0.4, 0.5) is 10.1 Å². The summed E-state index contributed by atoms with van der Waals surface area (Å²) in [7, 11) is -3.69. The van der Waals surface area contributed by atoms with E-state index < -0.39 is 27.4 Å². The zero-order chi connectivity index (χ0) is 23.0. The molecule has 2 amide bonds. The van der Waals surface area contributed by atoms with Crippen molar-refractivity contribution in [3.05, 3.63) is 65.0 Å². The van der Waals surface area contributed by atoms with Gasteiger partial charge in [-0.05, 0) is 50.1 Å². The second kappa shape index (κ2) is 8.39. The molecule has 3 rings (SSSR count). The predicted octanol–water partition coefficient (Wildman–Crippen LogP) is 2.13. The van der Waals surface area contributed by atoms with E-state index in [1.165, 1.54) is 17.0 Å². The zero-order valence-corrected chi connectivity index (χ0v) is 18.8. The van der Waals surface area contributed by atoms with Gasteiger partial charge in [0.05, 0.1) is 12.8 Å². The number of carbonyl (C=O) groups excluding carboxylic acids is 2. The van der Waals surface area contributed by atoms with Gasteiger partial charge >= 0.3 is 0 Å². The van der Waals surface area contributed by atoms with E-state index in [0.717, 1.165) is 21.7 Å². The van der Waals surface area contributed by atoms with Gasteiger partial charge in [-0.25, -0.2) is 12.8 Å². The van der Waals surface area contributed by atoms with E-state index in [4.69, 9.17) is 0 Å². The number of amides is 2. The molecule has 1 heterocycles. The van der Waals surface area contributed by atoms with Crippen molar-refractivity contribution in [2.24, 2.45) is 0 Å². The average Bonchev–Trinajstić information content (AvgIpc) is 2.67. The molecule has 9 heteroatoms. The number of rotatable bonds is 5. The van der Waals surface area contributed by atoms with Crippen LogP contribution < -0.4 is 10.2 Å². The summed E-state index contributed by atoms with van der Waals surface area (Å²) in [6, 6.07) is 11.2. The summed E-state index contributed by atoms with van der Waals surface area (Å²) in [5, 5.41) is 2.78. The first-order valence-electron chi connectivity index (χ1n) is 9.80. The zero-order valence-electron chi connectivity index (χ0n) is 18.0. The third-order valence-corrected chi connectivity index (χ3v) is 6.65. The molecule has 7 nitrogen and oxygen atoms in total. The summed E-state index contributed by atoms with van der Waals surface area (Å²) >= 11 is 0. The molecule has 1 aliphatic rings. The number of nitrogens with zero attached hydrogens (tertiary/aromatic N) is 2. The smallest absolute Gasteiger partial charge is 0.247 e. The molecule has 0 aromatic heterocycles. The van der Waals surface area contributed by atoms with E-state index in [1.54, 1.807) is 25.1 Å². The molecule has 0 saturated carbocycles. The summed E-state index contributed by atoms with van der Waals surface area (Å²) in [5.41, 5.74) is 1.57. The highest BCUT2D eigenvalue weighted by molar-refractivity contribution is 7.88. The number of piperazine rings is 1. The highest BCUT2D eigenvalue weighted by atomic mass is 32.2. The molecule has 1 N–H and O–H groups in total. The van der Waals surface area contributed by atoms with E-state index in [-0.39, 0.29) is 25.5 Å². The Bertz CT molecular complexity index is 1120. The standard InChI is InChI=1S/C22H26FN3O4S/c1-15-5-10-19(16(2)11-15)26-20(27)13-25(31(4,29)30)14-22(26,3)21(28)24-12-17-6-8-18(23)9-7-17/h5-11H,12-14H2,1-4H3,(H,24,28). The summed E-state index contributed by atoms with van der Waals surface area (Å²) in [5.74, 6) is -1.37. The Balaban J connectivity index is 1.98. The Hall–Kier alpha value is -2.78. The summed E-state index contributed by atoms with van der Waals surface area (Å²) in [4.78, 5) is 27.9. The number of hydrogen-bond donors (Lipinski definition) is 1. The minimum Gasteiger partial charge on any atom is -0.350 e. The lowest BCUT2D eigenvalue weighted by molar-refractivity contribution is -0.133. The number of nitrogens with one attached hydrogen (secondary N) is 1. The first kappa shape index (κ1) is 22.9. The van der Waals surface area contributed by atoms with Crippen LogP contribution in [0.1, 0.15) is 23.6 Å². The van der Waals surface area contributed by atoms with Crippen molar-refractivity contribution >= 4 is 27.5 Å². The van der Waals surface area contributed by atoms with Crippen molar-refractivity contribution in [1.29, 1.82) is 0 Å². The fourth-order valence-corrected chi connectivity index (χ4v) is 4.64. The van der Waals surface area contributed by atoms with Gasteiger partial charge in [0.1, 0.15) is 11.4 Å². The second-order valence-electron chi connectivity index (χ2n) is 8.13. The van der Waals surface area contributed by atoms with Crippen LogP contribution in [-0.2, 0) is 26.2 Å². The average molecular weight is 448 g/mol. The van der Waals surface area contributed by atoms with Gasteiger partial charge in [0.25, 0.3) is 0 Å². The molecule has 1 aliphatic heterocycles. The molecular weight excluding hydrogens is 421 g/mol. The number of carbonyl (C=O) groups is 2. The van der Waals surface area contributed by atoms with Crippen molar-refractivity contribution in [2.45, 2.75) is 32.9 Å². The molecular formula is C22H26FN3O4S. The lowest BCUT2D eigenvalue weighted by Crippen LogP contribution is -2.70. The minimum atomic E-state index is -3.69. The van der Waals surface area contributed by atoms with Gasteiger partial charge in [-0.15, -0.1) is 0 Å². The third-order valence-electron chi connectivity index (χ3n) is 5.46. The van der Waals surface area contributed by atoms with Crippen LogP contribution >= 0.6 is 0 Å². The van der Waals surface area contributed by atoms with Gasteiger partial charge in [0.15, 0.2) is 0 Å². The van der Waals surface area contributed by atoms with Gasteiger partial charge in [-0.2, -0.15) is 4.31 Å². The topological polar surface area (TPSA) is 86.8 Å². The third kappa shape index (κ3) is 4.77. The highest BCUT2D eigenvalue weighted by Gasteiger charge is 2.50. The Kier molecular flexibility index (Phi) is 6.20. The fraction of sp³-hybridized carbons (Fsp3) is 0.364. The van der Waals surface area contributed by atoms with Gasteiger partial charge in [0, 0.05) is 18.8 Å². The lowest BCUT2D eigenvalue weighted by atomic mass is 9.93. The van der Waals surface area contributed by atoms with Gasteiger partial charge < -0.3 is 5.32 Å². The Labute approximate surface area is 181 Å². The maximum Gasteiger partial charge on any atom is 0.247 e. The largest absolute Gasteiger partial charge is 0.350 e. The number of hydrogen-bond acceptors (Lipinski definition) is 4. The number of benzene rings is 2. The quantitative estimate of drug-likeness (QED) is 0.761. The molecule has 0 spiro atoms. The normalized spacial score (nSPS) is 20.0. The lowest BCUT2D eigenvalue weighted by Gasteiger charge is -2.47. The summed E-state index contributed by atoms with van der Waals surface area (Å²) in [6.07, 6.45) is 1.02. The molecule has 166 valence electrons. The Morgan fingerprint density at radius 3 is 2.39 bits per heavy atom. The van der Waals surface area contributed by atoms with Crippen molar-refractivity contribution < 1.29 is 22.4 Å². The molecule has 0 radical (unpaired) electrons. The molecule has 2 aromatic carbocycles. The predicted molar refractivity (Wildman–Crippen MR) is 116 cm³/mol. The van der Waals surface area contributed by atoms with Gasteiger partial charge in [-0.3, -0.25) is 14.5 Å². The maximum absolute atomic E-state index is 13.3. The molecule has 1 saturated heterocycles. The van der Waals surface area contributed by atoms with Crippen LogP contribution in [0.2, 0.25) is 0 Å². The van der Waals surface area contributed by atoms with Crippen LogP contribution in [0.3, 0.4) is 0 Å². The van der Waals surface area contributed by atoms with E-state index in [1.807, 2.05) is 26.0 Å². The Morgan fingerprint density at radius 1 is 1.16 bits per heavy atom. The highest BCUT2D eigenvalue weighted by Crippen LogP contribution is 2.33. The molecule has 1 unspecified atom stereocenters. The molecule has 1 fully saturated rings. The number of anilines is 1. The van der Waals surface area contributed by atoms with Crippen LogP contribution in [0.25, 0.3) is 0 Å². The Morgan fingerprint density at radius 2 is 1.81 bits per heavy atom. The summed E-state index contributed by atoms with van der Waals surface area (Å²) < 4.78 is 38.6. The maximum atomic E-state index is 13.3.